The van der Waals surface area contributed by atoms with E-state index in [1.165, 1.54) is 5.39 Å². The second-order valence-corrected chi connectivity index (χ2v) is 3.57. The van der Waals surface area contributed by atoms with Crippen LogP contribution >= 0.6 is 0 Å². The zero-order chi connectivity index (χ0) is 11.5. The summed E-state index contributed by atoms with van der Waals surface area (Å²) in [5, 5.41) is 13.2. The lowest BCUT2D eigenvalue weighted by Gasteiger charge is -2.04. The van der Waals surface area contributed by atoms with Crippen molar-refractivity contribution in [3.63, 3.8) is 0 Å². The molecular weight excluding hydrogens is 214 g/mol. The summed E-state index contributed by atoms with van der Waals surface area (Å²) in [6.07, 6.45) is 1.55. The Bertz CT molecular complexity index is 640. The summed E-state index contributed by atoms with van der Waals surface area (Å²) in [5.41, 5.74) is 0. The van der Waals surface area contributed by atoms with E-state index < -0.39 is 0 Å². The summed E-state index contributed by atoms with van der Waals surface area (Å²) in [6, 6.07) is 15.7. The van der Waals surface area contributed by atoms with Gasteiger partial charge in [0.1, 0.15) is 5.75 Å². The highest BCUT2D eigenvalue weighted by molar-refractivity contribution is 5.83. The van der Waals surface area contributed by atoms with Crippen molar-refractivity contribution in [1.29, 1.82) is 0 Å². The van der Waals surface area contributed by atoms with E-state index in [0.717, 1.165) is 11.1 Å². The largest absolute Gasteiger partial charge is 0.437 e. The molecule has 4 heteroatoms. The molecule has 0 unspecified atom stereocenters. The average molecular weight is 223 g/mol. The molecular formula is C13H9N3O. The summed E-state index contributed by atoms with van der Waals surface area (Å²) in [5.74, 6) is 1.18. The van der Waals surface area contributed by atoms with Gasteiger partial charge >= 0.3 is 0 Å². The SMILES string of the molecule is c1ccc2cc(Oc3ccnnn3)ccc2c1. The minimum absolute atomic E-state index is 0.440. The molecule has 0 saturated carbocycles. The lowest BCUT2D eigenvalue weighted by atomic mass is 10.1. The van der Waals surface area contributed by atoms with Gasteiger partial charge in [0.25, 0.3) is 0 Å². The highest BCUT2D eigenvalue weighted by Gasteiger charge is 1.99. The highest BCUT2D eigenvalue weighted by atomic mass is 16.5. The van der Waals surface area contributed by atoms with Crippen LogP contribution in [0.4, 0.5) is 0 Å². The van der Waals surface area contributed by atoms with Crippen LogP contribution in [0, 0.1) is 0 Å². The van der Waals surface area contributed by atoms with Gasteiger partial charge in [-0.2, -0.15) is 0 Å². The molecule has 0 aliphatic heterocycles. The Hall–Kier alpha value is -2.49. The van der Waals surface area contributed by atoms with Crippen LogP contribution in [0.1, 0.15) is 0 Å². The molecule has 0 aliphatic rings. The summed E-state index contributed by atoms with van der Waals surface area (Å²) >= 11 is 0. The van der Waals surface area contributed by atoms with E-state index in [2.05, 4.69) is 21.5 Å². The molecule has 82 valence electrons. The summed E-state index contributed by atoms with van der Waals surface area (Å²) < 4.78 is 5.57. The smallest absolute Gasteiger partial charge is 0.242 e. The first-order valence-electron chi connectivity index (χ1n) is 5.23. The van der Waals surface area contributed by atoms with Crippen molar-refractivity contribution >= 4 is 10.8 Å². The van der Waals surface area contributed by atoms with Crippen molar-refractivity contribution in [3.05, 3.63) is 54.7 Å². The second-order valence-electron chi connectivity index (χ2n) is 3.57. The van der Waals surface area contributed by atoms with Crippen molar-refractivity contribution in [3.8, 4) is 11.6 Å². The third kappa shape index (κ3) is 2.06. The van der Waals surface area contributed by atoms with Gasteiger partial charge in [0.15, 0.2) is 0 Å². The Kier molecular flexibility index (Phi) is 2.38. The zero-order valence-electron chi connectivity index (χ0n) is 8.95. The first kappa shape index (κ1) is 9.72. The molecule has 1 heterocycles. The summed E-state index contributed by atoms with van der Waals surface area (Å²) in [6.45, 7) is 0. The molecule has 0 N–H and O–H groups in total. The van der Waals surface area contributed by atoms with E-state index in [0.29, 0.717) is 5.88 Å². The van der Waals surface area contributed by atoms with Crippen LogP contribution in [-0.4, -0.2) is 15.4 Å². The molecule has 0 atom stereocenters. The molecule has 3 aromatic rings. The fraction of sp³-hybridized carbons (Fsp3) is 0. The maximum Gasteiger partial charge on any atom is 0.242 e. The molecule has 0 saturated heterocycles. The van der Waals surface area contributed by atoms with Crippen molar-refractivity contribution in [2.75, 3.05) is 0 Å². The van der Waals surface area contributed by atoms with E-state index in [1.54, 1.807) is 12.3 Å². The van der Waals surface area contributed by atoms with Crippen LogP contribution in [0.25, 0.3) is 10.8 Å². The van der Waals surface area contributed by atoms with Crippen LogP contribution in [0.15, 0.2) is 54.7 Å². The predicted octanol–water partition coefficient (Wildman–Crippen LogP) is 2.82. The maximum absolute atomic E-state index is 5.57. The number of hydrogen-bond acceptors (Lipinski definition) is 4. The first-order chi connectivity index (χ1) is 8.42. The Labute approximate surface area is 97.9 Å². The van der Waals surface area contributed by atoms with Crippen LogP contribution in [0.3, 0.4) is 0 Å². The lowest BCUT2D eigenvalue weighted by Crippen LogP contribution is -1.91. The highest BCUT2D eigenvalue weighted by Crippen LogP contribution is 2.23. The Morgan fingerprint density at radius 2 is 1.76 bits per heavy atom. The van der Waals surface area contributed by atoms with Crippen molar-refractivity contribution in [1.82, 2.24) is 15.4 Å². The molecule has 0 radical (unpaired) electrons. The molecule has 2 aromatic carbocycles. The third-order valence-corrected chi connectivity index (χ3v) is 2.42. The lowest BCUT2D eigenvalue weighted by molar-refractivity contribution is 0.451. The van der Waals surface area contributed by atoms with Crippen LogP contribution in [0.5, 0.6) is 11.6 Å². The van der Waals surface area contributed by atoms with Crippen LogP contribution < -0.4 is 4.74 Å². The molecule has 0 bridgehead atoms. The van der Waals surface area contributed by atoms with Gasteiger partial charge in [-0.25, -0.2) is 0 Å². The fourth-order valence-electron chi connectivity index (χ4n) is 1.64. The van der Waals surface area contributed by atoms with Crippen LogP contribution in [-0.2, 0) is 0 Å². The monoisotopic (exact) mass is 223 g/mol. The molecule has 0 spiro atoms. The van der Waals surface area contributed by atoms with Crippen LogP contribution in [0.2, 0.25) is 0 Å². The van der Waals surface area contributed by atoms with Gasteiger partial charge in [0.2, 0.25) is 5.88 Å². The first-order valence-corrected chi connectivity index (χ1v) is 5.23. The molecule has 0 fully saturated rings. The Morgan fingerprint density at radius 1 is 0.882 bits per heavy atom. The number of ether oxygens (including phenoxy) is 1. The van der Waals surface area contributed by atoms with Crippen molar-refractivity contribution in [2.24, 2.45) is 0 Å². The van der Waals surface area contributed by atoms with Gasteiger partial charge in [0.05, 0.1) is 6.20 Å². The maximum atomic E-state index is 5.57. The molecule has 17 heavy (non-hydrogen) atoms. The number of rotatable bonds is 2. The predicted molar refractivity (Wildman–Crippen MR) is 63.8 cm³/mol. The second kappa shape index (κ2) is 4.17. The standard InChI is InChI=1S/C13H9N3O/c1-2-4-11-9-12(6-5-10(11)3-1)17-13-7-8-14-16-15-13/h1-9H. The topological polar surface area (TPSA) is 47.9 Å². The molecule has 0 aliphatic carbocycles. The molecule has 3 rings (SSSR count). The van der Waals surface area contributed by atoms with Crippen molar-refractivity contribution < 1.29 is 4.74 Å². The number of hydrogen-bond donors (Lipinski definition) is 0. The van der Waals surface area contributed by atoms with E-state index in [1.807, 2.05) is 36.4 Å². The average Bonchev–Trinajstić information content (AvgIpc) is 2.40. The minimum Gasteiger partial charge on any atom is -0.437 e. The molecule has 4 nitrogen and oxygen atoms in total. The summed E-state index contributed by atoms with van der Waals surface area (Å²) in [7, 11) is 0. The molecule has 0 amide bonds. The number of nitrogens with zero attached hydrogens (tertiary/aromatic N) is 3. The van der Waals surface area contributed by atoms with Gasteiger partial charge in [-0.15, -0.1) is 5.10 Å². The normalized spacial score (nSPS) is 10.4. The van der Waals surface area contributed by atoms with Gasteiger partial charge in [0, 0.05) is 6.07 Å². The van der Waals surface area contributed by atoms with Crippen molar-refractivity contribution in [2.45, 2.75) is 0 Å². The van der Waals surface area contributed by atoms with Gasteiger partial charge in [-0.3, -0.25) is 0 Å². The van der Waals surface area contributed by atoms with Gasteiger partial charge < -0.3 is 4.74 Å². The summed E-state index contributed by atoms with van der Waals surface area (Å²) in [4.78, 5) is 0. The molecule has 1 aromatic heterocycles. The van der Waals surface area contributed by atoms with E-state index >= 15 is 0 Å². The Balaban J connectivity index is 1.96. The van der Waals surface area contributed by atoms with Gasteiger partial charge in [-0.05, 0) is 28.1 Å². The Morgan fingerprint density at radius 3 is 2.59 bits per heavy atom. The number of aromatic nitrogens is 3. The zero-order valence-corrected chi connectivity index (χ0v) is 8.95. The number of benzene rings is 2. The third-order valence-electron chi connectivity index (χ3n) is 2.42. The van der Waals surface area contributed by atoms with E-state index in [-0.39, 0.29) is 0 Å². The van der Waals surface area contributed by atoms with Gasteiger partial charge in [-0.1, -0.05) is 35.4 Å². The minimum atomic E-state index is 0.440. The number of fused-ring (bicyclic) bond motifs is 1. The van der Waals surface area contributed by atoms with E-state index in [4.69, 9.17) is 4.74 Å². The quantitative estimate of drug-likeness (QED) is 0.670. The fourth-order valence-corrected chi connectivity index (χ4v) is 1.64. The van der Waals surface area contributed by atoms with E-state index in [9.17, 15) is 0 Å².